The summed E-state index contributed by atoms with van der Waals surface area (Å²) in [5, 5.41) is 33.0. The van der Waals surface area contributed by atoms with Gasteiger partial charge in [-0.2, -0.15) is 0 Å². The first-order valence-corrected chi connectivity index (χ1v) is 11.3. The molecule has 5 atom stereocenters. The van der Waals surface area contributed by atoms with Gasteiger partial charge in [0.15, 0.2) is 0 Å². The summed E-state index contributed by atoms with van der Waals surface area (Å²) >= 11 is 0. The molecule has 9 heteroatoms. The minimum atomic E-state index is -1.37. The molecule has 0 radical (unpaired) electrons. The van der Waals surface area contributed by atoms with Crippen molar-refractivity contribution in [3.05, 3.63) is 53.8 Å². The van der Waals surface area contributed by atoms with Gasteiger partial charge in [-0.25, -0.2) is 4.39 Å². The number of ether oxygens (including phenoxy) is 3. The molecule has 186 valence electrons. The van der Waals surface area contributed by atoms with Gasteiger partial charge in [-0.15, -0.1) is 0 Å². The van der Waals surface area contributed by atoms with Crippen molar-refractivity contribution in [2.45, 2.75) is 56.9 Å². The molecule has 2 aromatic rings. The van der Waals surface area contributed by atoms with E-state index in [2.05, 4.69) is 5.32 Å². The van der Waals surface area contributed by atoms with Crippen LogP contribution in [0.25, 0.3) is 11.1 Å². The SMILES string of the molecule is CO[C@@H]1[C@@H](O)[C@@H](O)[C@H](Oc2ccc(CCNC(C)=O)c(-c3cccc(F)c3)c2)O[C@@H]1CCCO. The van der Waals surface area contributed by atoms with E-state index in [9.17, 15) is 19.4 Å². The summed E-state index contributed by atoms with van der Waals surface area (Å²) in [6.07, 6.45) is -3.76. The van der Waals surface area contributed by atoms with Crippen LogP contribution in [0.1, 0.15) is 25.3 Å². The van der Waals surface area contributed by atoms with E-state index < -0.39 is 30.7 Å². The van der Waals surface area contributed by atoms with Gasteiger partial charge in [-0.05, 0) is 60.2 Å². The van der Waals surface area contributed by atoms with Gasteiger partial charge in [-0.1, -0.05) is 18.2 Å². The van der Waals surface area contributed by atoms with Crippen LogP contribution in [0.4, 0.5) is 4.39 Å². The minimum absolute atomic E-state index is 0.0442. The highest BCUT2D eigenvalue weighted by atomic mass is 19.1. The van der Waals surface area contributed by atoms with Crippen molar-refractivity contribution in [1.82, 2.24) is 5.32 Å². The Morgan fingerprint density at radius 2 is 1.97 bits per heavy atom. The molecule has 2 aromatic carbocycles. The predicted octanol–water partition coefficient (Wildman–Crippen LogP) is 1.78. The van der Waals surface area contributed by atoms with E-state index in [1.54, 1.807) is 24.3 Å². The second-order valence-corrected chi connectivity index (χ2v) is 8.27. The summed E-state index contributed by atoms with van der Waals surface area (Å²) < 4.78 is 31.0. The number of carbonyl (C=O) groups is 1. The maximum Gasteiger partial charge on any atom is 0.229 e. The zero-order valence-electron chi connectivity index (χ0n) is 19.3. The maximum atomic E-state index is 13.9. The first kappa shape index (κ1) is 26.1. The molecule has 1 amide bonds. The number of methoxy groups -OCH3 is 1. The van der Waals surface area contributed by atoms with Crippen LogP contribution in [0.15, 0.2) is 42.5 Å². The van der Waals surface area contributed by atoms with Crippen LogP contribution in [0.2, 0.25) is 0 Å². The Morgan fingerprint density at radius 3 is 2.65 bits per heavy atom. The van der Waals surface area contributed by atoms with Crippen LogP contribution in [0, 0.1) is 5.82 Å². The van der Waals surface area contributed by atoms with E-state index in [-0.39, 0.29) is 18.3 Å². The smallest absolute Gasteiger partial charge is 0.229 e. The van der Waals surface area contributed by atoms with E-state index in [0.717, 1.165) is 5.56 Å². The normalized spacial score (nSPS) is 24.6. The molecule has 0 bridgehead atoms. The zero-order chi connectivity index (χ0) is 24.7. The molecule has 8 nitrogen and oxygen atoms in total. The van der Waals surface area contributed by atoms with Crippen LogP contribution < -0.4 is 10.1 Å². The number of rotatable bonds is 10. The van der Waals surface area contributed by atoms with Crippen molar-refractivity contribution in [2.24, 2.45) is 0 Å². The van der Waals surface area contributed by atoms with Gasteiger partial charge in [0, 0.05) is 27.2 Å². The molecule has 1 aliphatic rings. The zero-order valence-corrected chi connectivity index (χ0v) is 19.3. The average molecular weight is 478 g/mol. The number of aliphatic hydroxyl groups is 3. The number of amides is 1. The van der Waals surface area contributed by atoms with Crippen molar-refractivity contribution < 1.29 is 38.7 Å². The Bertz CT molecular complexity index is 957. The van der Waals surface area contributed by atoms with E-state index in [1.807, 2.05) is 6.07 Å². The molecule has 1 heterocycles. The van der Waals surface area contributed by atoms with Gasteiger partial charge in [0.1, 0.15) is 29.9 Å². The molecule has 0 aromatic heterocycles. The molecular formula is C25H32FNO7. The highest BCUT2D eigenvalue weighted by molar-refractivity contribution is 5.73. The van der Waals surface area contributed by atoms with Crippen molar-refractivity contribution in [2.75, 3.05) is 20.3 Å². The van der Waals surface area contributed by atoms with Gasteiger partial charge in [0.05, 0.1) is 6.10 Å². The summed E-state index contributed by atoms with van der Waals surface area (Å²) in [6, 6.07) is 11.4. The lowest BCUT2D eigenvalue weighted by molar-refractivity contribution is -0.278. The van der Waals surface area contributed by atoms with Gasteiger partial charge in [-0.3, -0.25) is 4.79 Å². The third kappa shape index (κ3) is 6.52. The van der Waals surface area contributed by atoms with Crippen molar-refractivity contribution in [1.29, 1.82) is 0 Å². The molecule has 1 saturated heterocycles. The molecule has 0 aliphatic carbocycles. The highest BCUT2D eigenvalue weighted by Crippen LogP contribution is 2.32. The van der Waals surface area contributed by atoms with E-state index >= 15 is 0 Å². The van der Waals surface area contributed by atoms with Gasteiger partial charge in [0.2, 0.25) is 12.2 Å². The van der Waals surface area contributed by atoms with Crippen LogP contribution in [-0.2, 0) is 20.7 Å². The first-order chi connectivity index (χ1) is 16.3. The number of halogens is 1. The highest BCUT2D eigenvalue weighted by Gasteiger charge is 2.45. The third-order valence-corrected chi connectivity index (χ3v) is 5.80. The van der Waals surface area contributed by atoms with E-state index in [4.69, 9.17) is 19.3 Å². The fraction of sp³-hybridized carbons (Fsp3) is 0.480. The second-order valence-electron chi connectivity index (χ2n) is 8.27. The predicted molar refractivity (Wildman–Crippen MR) is 123 cm³/mol. The molecular weight excluding hydrogens is 445 g/mol. The summed E-state index contributed by atoms with van der Waals surface area (Å²) in [6.45, 7) is 1.81. The van der Waals surface area contributed by atoms with Crippen molar-refractivity contribution >= 4 is 5.91 Å². The lowest BCUT2D eigenvalue weighted by Crippen LogP contribution is -2.59. The standard InChI is InChI=1S/C25H32FNO7/c1-15(29)27-11-10-16-8-9-19(14-20(16)17-5-3-6-18(26)13-17)33-25-23(31)22(30)24(32-2)21(34-25)7-4-12-28/h3,5-6,8-9,13-14,21-25,28,30-31H,4,7,10-12H2,1-2H3,(H,27,29)/t21-,22+,23-,24+,25-/m1/s1. The first-order valence-electron chi connectivity index (χ1n) is 11.3. The quantitative estimate of drug-likeness (QED) is 0.412. The summed E-state index contributed by atoms with van der Waals surface area (Å²) in [5.74, 6) is -0.168. The molecule has 0 spiro atoms. The van der Waals surface area contributed by atoms with E-state index in [0.29, 0.717) is 42.7 Å². The van der Waals surface area contributed by atoms with Crippen molar-refractivity contribution in [3.63, 3.8) is 0 Å². The molecule has 34 heavy (non-hydrogen) atoms. The average Bonchev–Trinajstić information content (AvgIpc) is 2.81. The fourth-order valence-electron chi connectivity index (χ4n) is 4.10. The second kappa shape index (κ2) is 12.2. The Morgan fingerprint density at radius 1 is 1.18 bits per heavy atom. The van der Waals surface area contributed by atoms with Crippen molar-refractivity contribution in [3.8, 4) is 16.9 Å². The fourth-order valence-corrected chi connectivity index (χ4v) is 4.10. The minimum Gasteiger partial charge on any atom is -0.462 e. The Balaban J connectivity index is 1.85. The largest absolute Gasteiger partial charge is 0.462 e. The molecule has 0 saturated carbocycles. The third-order valence-electron chi connectivity index (χ3n) is 5.80. The number of nitrogens with one attached hydrogen (secondary N) is 1. The van der Waals surface area contributed by atoms with Crippen LogP contribution in [-0.4, -0.2) is 72.2 Å². The Labute approximate surface area is 198 Å². The topological polar surface area (TPSA) is 117 Å². The lowest BCUT2D eigenvalue weighted by Gasteiger charge is -2.41. The molecule has 1 aliphatic heterocycles. The number of aliphatic hydroxyl groups excluding tert-OH is 3. The summed E-state index contributed by atoms with van der Waals surface area (Å²) in [5.41, 5.74) is 2.21. The van der Waals surface area contributed by atoms with Crippen LogP contribution >= 0.6 is 0 Å². The van der Waals surface area contributed by atoms with Crippen LogP contribution in [0.3, 0.4) is 0 Å². The number of hydrogen-bond acceptors (Lipinski definition) is 7. The van der Waals surface area contributed by atoms with Crippen LogP contribution in [0.5, 0.6) is 5.75 Å². The monoisotopic (exact) mass is 477 g/mol. The summed E-state index contributed by atoms with van der Waals surface area (Å²) in [7, 11) is 1.42. The van der Waals surface area contributed by atoms with E-state index in [1.165, 1.54) is 26.2 Å². The molecule has 1 fully saturated rings. The lowest BCUT2D eigenvalue weighted by atomic mass is 9.95. The van der Waals surface area contributed by atoms with Gasteiger partial charge >= 0.3 is 0 Å². The number of hydrogen-bond donors (Lipinski definition) is 4. The molecule has 3 rings (SSSR count). The Hall–Kier alpha value is -2.56. The number of benzene rings is 2. The molecule has 4 N–H and O–H groups in total. The number of carbonyl (C=O) groups excluding carboxylic acids is 1. The van der Waals surface area contributed by atoms with Gasteiger partial charge < -0.3 is 34.8 Å². The molecule has 0 unspecified atom stereocenters. The summed E-state index contributed by atoms with van der Waals surface area (Å²) in [4.78, 5) is 11.2. The van der Waals surface area contributed by atoms with Gasteiger partial charge in [0.25, 0.3) is 0 Å². The maximum absolute atomic E-state index is 13.9. The Kier molecular flexibility index (Phi) is 9.37.